The number of rotatable bonds is 2. The fraction of sp³-hybridized carbons (Fsp3) is 0.476. The first-order valence-electron chi connectivity index (χ1n) is 10.2. The number of pyridine rings is 1. The lowest BCUT2D eigenvalue weighted by molar-refractivity contribution is -0.120. The molecule has 0 bridgehead atoms. The molecule has 2 aromatic rings. The summed E-state index contributed by atoms with van der Waals surface area (Å²) >= 11 is 0. The number of aromatic nitrogens is 3. The molecule has 1 unspecified atom stereocenters. The second-order valence-electron chi connectivity index (χ2n) is 8.68. The number of nitrogens with zero attached hydrogens (tertiary/aromatic N) is 5. The van der Waals surface area contributed by atoms with Gasteiger partial charge in [-0.3, -0.25) is 29.6 Å². The van der Waals surface area contributed by atoms with Gasteiger partial charge in [0.2, 0.25) is 5.91 Å². The van der Waals surface area contributed by atoms with Crippen molar-refractivity contribution >= 4 is 34.8 Å². The van der Waals surface area contributed by atoms with Gasteiger partial charge in [-0.1, -0.05) is 12.2 Å². The van der Waals surface area contributed by atoms with Crippen LogP contribution in [0, 0.1) is 0 Å². The topological polar surface area (TPSA) is 110 Å². The second kappa shape index (κ2) is 7.68. The van der Waals surface area contributed by atoms with E-state index in [-0.39, 0.29) is 31.0 Å². The Morgan fingerprint density at radius 3 is 2.74 bits per heavy atom. The molecule has 2 aromatic heterocycles. The second-order valence-corrected chi connectivity index (χ2v) is 8.68. The highest BCUT2D eigenvalue weighted by Gasteiger charge is 2.32. The molecule has 0 spiro atoms. The number of hydrogen-bond donors (Lipinski definition) is 1. The summed E-state index contributed by atoms with van der Waals surface area (Å²) < 4.78 is 7.25. The first-order valence-corrected chi connectivity index (χ1v) is 10.2. The molecule has 0 aliphatic carbocycles. The molecule has 0 aromatic carbocycles. The highest BCUT2D eigenvalue weighted by Crippen LogP contribution is 2.32. The molecule has 4 heterocycles. The van der Waals surface area contributed by atoms with Crippen molar-refractivity contribution in [2.24, 2.45) is 7.05 Å². The van der Waals surface area contributed by atoms with Crippen LogP contribution in [0.15, 0.2) is 24.4 Å². The van der Waals surface area contributed by atoms with Gasteiger partial charge in [0.25, 0.3) is 0 Å². The molecule has 4 amide bonds. The lowest BCUT2D eigenvalue weighted by Crippen LogP contribution is -2.49. The van der Waals surface area contributed by atoms with Gasteiger partial charge in [-0.25, -0.2) is 9.59 Å². The average molecular weight is 426 g/mol. The fourth-order valence-corrected chi connectivity index (χ4v) is 3.77. The summed E-state index contributed by atoms with van der Waals surface area (Å²) in [7, 11) is 1.79. The quantitative estimate of drug-likeness (QED) is 0.740. The Morgan fingerprint density at radius 2 is 2.03 bits per heavy atom. The minimum absolute atomic E-state index is 0.217. The van der Waals surface area contributed by atoms with Gasteiger partial charge in [-0.15, -0.1) is 0 Å². The molecule has 1 N–H and O–H groups in total. The molecule has 31 heavy (non-hydrogen) atoms. The number of amides is 4. The molecule has 4 rings (SSSR count). The van der Waals surface area contributed by atoms with Crippen LogP contribution < -0.4 is 10.2 Å². The number of hydrogen-bond acceptors (Lipinski definition) is 6. The number of fused-ring (bicyclic) bond motifs is 1. The van der Waals surface area contributed by atoms with E-state index in [4.69, 9.17) is 4.74 Å². The van der Waals surface area contributed by atoms with Crippen LogP contribution in [-0.4, -0.2) is 56.4 Å². The first-order chi connectivity index (χ1) is 14.6. The maximum absolute atomic E-state index is 12.7. The van der Waals surface area contributed by atoms with E-state index in [1.54, 1.807) is 22.8 Å². The number of ether oxygens (including phenoxy) is 1. The zero-order valence-corrected chi connectivity index (χ0v) is 18.1. The van der Waals surface area contributed by atoms with E-state index in [9.17, 15) is 14.4 Å². The van der Waals surface area contributed by atoms with Crippen LogP contribution in [0.2, 0.25) is 0 Å². The standard InChI is InChI=1S/C21H26N6O4/c1-21(2,3)31-20(30)26-9-6-5-7-15(26)14-11-16-13(12-22-14)18(24-25(16)4)27-10-8-17(28)23-19(27)29/h5-6,11-12,15H,7-10H2,1-4H3,(H,23,28,29). The van der Waals surface area contributed by atoms with Gasteiger partial charge < -0.3 is 4.74 Å². The van der Waals surface area contributed by atoms with Crippen molar-refractivity contribution in [3.8, 4) is 0 Å². The Kier molecular flexibility index (Phi) is 5.16. The Labute approximate surface area is 179 Å². The summed E-state index contributed by atoms with van der Waals surface area (Å²) in [6.07, 6.45) is 6.10. The third-order valence-corrected chi connectivity index (χ3v) is 5.22. The number of aryl methyl sites for hydroxylation is 1. The first kappa shape index (κ1) is 20.8. The van der Waals surface area contributed by atoms with Crippen molar-refractivity contribution in [1.82, 2.24) is 25.0 Å². The van der Waals surface area contributed by atoms with Crippen LogP contribution in [0.1, 0.15) is 45.3 Å². The maximum Gasteiger partial charge on any atom is 0.411 e. The van der Waals surface area contributed by atoms with Crippen molar-refractivity contribution in [3.63, 3.8) is 0 Å². The van der Waals surface area contributed by atoms with Crippen molar-refractivity contribution < 1.29 is 19.1 Å². The monoisotopic (exact) mass is 426 g/mol. The van der Waals surface area contributed by atoms with Crippen LogP contribution in [0.3, 0.4) is 0 Å². The molecular formula is C21H26N6O4. The molecule has 10 nitrogen and oxygen atoms in total. The Bertz CT molecular complexity index is 1080. The van der Waals surface area contributed by atoms with Crippen molar-refractivity contribution in [3.05, 3.63) is 30.1 Å². The Balaban J connectivity index is 1.67. The van der Waals surface area contributed by atoms with Crippen LogP contribution in [0.4, 0.5) is 15.4 Å². The van der Waals surface area contributed by atoms with Gasteiger partial charge in [-0.05, 0) is 33.3 Å². The molecule has 164 valence electrons. The average Bonchev–Trinajstić information content (AvgIpc) is 3.02. The van der Waals surface area contributed by atoms with E-state index in [0.717, 1.165) is 11.2 Å². The predicted octanol–water partition coefficient (Wildman–Crippen LogP) is 2.65. The highest BCUT2D eigenvalue weighted by molar-refractivity contribution is 6.08. The summed E-state index contributed by atoms with van der Waals surface area (Å²) in [5, 5.41) is 7.50. The van der Waals surface area contributed by atoms with Gasteiger partial charge >= 0.3 is 12.1 Å². The van der Waals surface area contributed by atoms with Gasteiger partial charge in [0.1, 0.15) is 5.60 Å². The minimum atomic E-state index is -0.590. The number of nitrogens with one attached hydrogen (secondary N) is 1. The number of anilines is 1. The van der Waals surface area contributed by atoms with Gasteiger partial charge in [0, 0.05) is 32.8 Å². The molecule has 0 radical (unpaired) electrons. The van der Waals surface area contributed by atoms with Crippen LogP contribution in [0.25, 0.3) is 10.9 Å². The number of imide groups is 1. The number of carbonyl (C=O) groups is 3. The maximum atomic E-state index is 12.7. The van der Waals surface area contributed by atoms with E-state index in [2.05, 4.69) is 15.4 Å². The normalized spacial score (nSPS) is 19.7. The third kappa shape index (κ3) is 4.10. The smallest absolute Gasteiger partial charge is 0.411 e. The van der Waals surface area contributed by atoms with E-state index < -0.39 is 11.6 Å². The summed E-state index contributed by atoms with van der Waals surface area (Å²) in [5.41, 5.74) is 0.909. The number of carbonyl (C=O) groups excluding carboxylic acids is 3. The SMILES string of the molecule is Cn1nc(N2CCC(=O)NC2=O)c2cnc(C3CC=CCN3C(=O)OC(C)(C)C)cc21. The summed E-state index contributed by atoms with van der Waals surface area (Å²) in [5.74, 6) is 0.156. The van der Waals surface area contributed by atoms with E-state index in [1.807, 2.05) is 39.0 Å². The molecule has 0 saturated carbocycles. The highest BCUT2D eigenvalue weighted by atomic mass is 16.6. The largest absolute Gasteiger partial charge is 0.444 e. The molecule has 1 atom stereocenters. The van der Waals surface area contributed by atoms with Crippen LogP contribution >= 0.6 is 0 Å². The zero-order chi connectivity index (χ0) is 22.3. The van der Waals surface area contributed by atoms with Gasteiger partial charge in [0.15, 0.2) is 5.82 Å². The Morgan fingerprint density at radius 1 is 1.26 bits per heavy atom. The molecule has 1 fully saturated rings. The van der Waals surface area contributed by atoms with Crippen LogP contribution in [0.5, 0.6) is 0 Å². The van der Waals surface area contributed by atoms with Gasteiger partial charge in [0.05, 0.1) is 22.6 Å². The fourth-order valence-electron chi connectivity index (χ4n) is 3.77. The predicted molar refractivity (Wildman–Crippen MR) is 113 cm³/mol. The molecular weight excluding hydrogens is 400 g/mol. The van der Waals surface area contributed by atoms with Gasteiger partial charge in [-0.2, -0.15) is 5.10 Å². The number of urea groups is 1. The molecule has 2 aliphatic heterocycles. The summed E-state index contributed by atoms with van der Waals surface area (Å²) in [4.78, 5) is 44.2. The van der Waals surface area contributed by atoms with Crippen LogP contribution in [-0.2, 0) is 16.6 Å². The van der Waals surface area contributed by atoms with E-state index >= 15 is 0 Å². The van der Waals surface area contributed by atoms with Crippen molar-refractivity contribution in [1.29, 1.82) is 0 Å². The molecule has 2 aliphatic rings. The molecule has 1 saturated heterocycles. The third-order valence-electron chi connectivity index (χ3n) is 5.22. The zero-order valence-electron chi connectivity index (χ0n) is 18.1. The van der Waals surface area contributed by atoms with E-state index in [0.29, 0.717) is 24.2 Å². The summed E-state index contributed by atoms with van der Waals surface area (Å²) in [6.45, 7) is 6.22. The Hall–Kier alpha value is -3.43. The lowest BCUT2D eigenvalue weighted by atomic mass is 10.0. The van der Waals surface area contributed by atoms with Crippen molar-refractivity contribution in [2.45, 2.75) is 45.3 Å². The van der Waals surface area contributed by atoms with E-state index in [1.165, 1.54) is 4.90 Å². The minimum Gasteiger partial charge on any atom is -0.444 e. The van der Waals surface area contributed by atoms with Crippen molar-refractivity contribution in [2.75, 3.05) is 18.0 Å². The summed E-state index contributed by atoms with van der Waals surface area (Å²) in [6, 6.07) is 1.13. The lowest BCUT2D eigenvalue weighted by Gasteiger charge is -2.34. The molecule has 10 heteroatoms.